The number of rotatable bonds is 4. The second-order valence-electron chi connectivity index (χ2n) is 5.34. The van der Waals surface area contributed by atoms with Crippen LogP contribution in [0.5, 0.6) is 0 Å². The highest BCUT2D eigenvalue weighted by Crippen LogP contribution is 2.13. The van der Waals surface area contributed by atoms with Gasteiger partial charge in [-0.3, -0.25) is 4.79 Å². The highest BCUT2D eigenvalue weighted by atomic mass is 16.2. The van der Waals surface area contributed by atoms with Crippen molar-refractivity contribution in [2.24, 2.45) is 5.92 Å². The summed E-state index contributed by atoms with van der Waals surface area (Å²) in [7, 11) is 0. The smallest absolute Gasteiger partial charge is 0.225 e. The van der Waals surface area contributed by atoms with E-state index in [1.54, 1.807) is 12.5 Å². The summed E-state index contributed by atoms with van der Waals surface area (Å²) in [5.41, 5.74) is 1.01. The molecule has 1 amide bonds. The molecular formula is C14H22N4O. The Bertz CT molecular complexity index is 399. The quantitative estimate of drug-likeness (QED) is 0.886. The zero-order valence-corrected chi connectivity index (χ0v) is 11.7. The van der Waals surface area contributed by atoms with Gasteiger partial charge in [0.1, 0.15) is 6.33 Å². The Morgan fingerprint density at radius 3 is 2.79 bits per heavy atom. The summed E-state index contributed by atoms with van der Waals surface area (Å²) in [6.07, 6.45) is 5.36. The van der Waals surface area contributed by atoms with E-state index in [0.29, 0.717) is 6.04 Å². The molecule has 1 aromatic rings. The zero-order chi connectivity index (χ0) is 13.7. The minimum absolute atomic E-state index is 0.102. The molecule has 2 rings (SSSR count). The van der Waals surface area contributed by atoms with Crippen molar-refractivity contribution in [3.05, 3.63) is 24.3 Å². The predicted octanol–water partition coefficient (Wildman–Crippen LogP) is 1.21. The number of likely N-dealkylation sites (tertiary alicyclic amines) is 1. The second kappa shape index (κ2) is 6.61. The molecule has 0 spiro atoms. The standard InChI is InChI=1S/C14H22N4O/c1-11(2)14(19)18-7-4-12(5-8-18)16-9-13-3-6-15-10-17-13/h3,6,10-12,16H,4-5,7-9H2,1-2H3. The van der Waals surface area contributed by atoms with E-state index in [4.69, 9.17) is 0 Å². The summed E-state index contributed by atoms with van der Waals surface area (Å²) >= 11 is 0. The molecule has 0 unspecified atom stereocenters. The number of hydrogen-bond acceptors (Lipinski definition) is 4. The van der Waals surface area contributed by atoms with E-state index in [2.05, 4.69) is 15.3 Å². The van der Waals surface area contributed by atoms with Crippen molar-refractivity contribution in [3.8, 4) is 0 Å². The van der Waals surface area contributed by atoms with Gasteiger partial charge in [0.25, 0.3) is 0 Å². The Hall–Kier alpha value is -1.49. The normalized spacial score (nSPS) is 16.9. The van der Waals surface area contributed by atoms with Gasteiger partial charge in [0, 0.05) is 37.8 Å². The largest absolute Gasteiger partial charge is 0.342 e. The van der Waals surface area contributed by atoms with Crippen LogP contribution in [-0.2, 0) is 11.3 Å². The maximum atomic E-state index is 11.9. The average Bonchev–Trinajstić information content (AvgIpc) is 2.46. The van der Waals surface area contributed by atoms with Gasteiger partial charge < -0.3 is 10.2 Å². The average molecular weight is 262 g/mol. The van der Waals surface area contributed by atoms with Crippen molar-refractivity contribution in [3.63, 3.8) is 0 Å². The molecule has 1 aliphatic heterocycles. The van der Waals surface area contributed by atoms with E-state index in [1.807, 2.05) is 24.8 Å². The van der Waals surface area contributed by atoms with Crippen LogP contribution in [0.15, 0.2) is 18.6 Å². The van der Waals surface area contributed by atoms with Gasteiger partial charge in [0.15, 0.2) is 0 Å². The van der Waals surface area contributed by atoms with E-state index in [9.17, 15) is 4.79 Å². The van der Waals surface area contributed by atoms with E-state index in [1.165, 1.54) is 0 Å². The van der Waals surface area contributed by atoms with Crippen LogP contribution < -0.4 is 5.32 Å². The molecule has 1 N–H and O–H groups in total. The van der Waals surface area contributed by atoms with Crippen LogP contribution in [0.1, 0.15) is 32.4 Å². The van der Waals surface area contributed by atoms with Crippen LogP contribution in [0.25, 0.3) is 0 Å². The molecule has 0 bridgehead atoms. The number of nitrogens with zero attached hydrogens (tertiary/aromatic N) is 3. The SMILES string of the molecule is CC(C)C(=O)N1CCC(NCc2ccncn2)CC1. The number of nitrogens with one attached hydrogen (secondary N) is 1. The van der Waals surface area contributed by atoms with E-state index in [0.717, 1.165) is 38.2 Å². The van der Waals surface area contributed by atoms with E-state index < -0.39 is 0 Å². The van der Waals surface area contributed by atoms with Crippen molar-refractivity contribution in [1.82, 2.24) is 20.2 Å². The lowest BCUT2D eigenvalue weighted by atomic mass is 10.0. The fourth-order valence-corrected chi connectivity index (χ4v) is 2.34. The summed E-state index contributed by atoms with van der Waals surface area (Å²) < 4.78 is 0. The third kappa shape index (κ3) is 3.99. The molecule has 1 aromatic heterocycles. The number of carbonyl (C=O) groups excluding carboxylic acids is 1. The lowest BCUT2D eigenvalue weighted by Crippen LogP contribution is -2.46. The first kappa shape index (κ1) is 13.9. The van der Waals surface area contributed by atoms with Crippen LogP contribution in [0.4, 0.5) is 0 Å². The molecule has 0 saturated carbocycles. The Kier molecular flexibility index (Phi) is 4.85. The third-order valence-electron chi connectivity index (χ3n) is 3.52. The Labute approximate surface area is 114 Å². The number of piperidine rings is 1. The lowest BCUT2D eigenvalue weighted by molar-refractivity contribution is -0.135. The monoisotopic (exact) mass is 262 g/mol. The summed E-state index contributed by atoms with van der Waals surface area (Å²) in [6.45, 7) is 6.41. The molecule has 0 atom stereocenters. The number of aromatic nitrogens is 2. The summed E-state index contributed by atoms with van der Waals surface area (Å²) in [4.78, 5) is 21.9. The van der Waals surface area contributed by atoms with Crippen LogP contribution >= 0.6 is 0 Å². The van der Waals surface area contributed by atoms with Gasteiger partial charge in [-0.15, -0.1) is 0 Å². The van der Waals surface area contributed by atoms with Gasteiger partial charge in [-0.05, 0) is 18.9 Å². The maximum absolute atomic E-state index is 11.9. The van der Waals surface area contributed by atoms with Crippen molar-refractivity contribution >= 4 is 5.91 Å². The number of carbonyl (C=O) groups is 1. The summed E-state index contributed by atoms with van der Waals surface area (Å²) in [5.74, 6) is 0.375. The van der Waals surface area contributed by atoms with Crippen LogP contribution in [-0.4, -0.2) is 39.9 Å². The second-order valence-corrected chi connectivity index (χ2v) is 5.34. The van der Waals surface area contributed by atoms with Gasteiger partial charge in [-0.2, -0.15) is 0 Å². The minimum Gasteiger partial charge on any atom is -0.342 e. The van der Waals surface area contributed by atoms with Crippen molar-refractivity contribution in [2.75, 3.05) is 13.1 Å². The fraction of sp³-hybridized carbons (Fsp3) is 0.643. The zero-order valence-electron chi connectivity index (χ0n) is 11.7. The van der Waals surface area contributed by atoms with E-state index in [-0.39, 0.29) is 11.8 Å². The first-order valence-electron chi connectivity index (χ1n) is 6.94. The summed E-state index contributed by atoms with van der Waals surface area (Å²) in [5, 5.41) is 3.50. The first-order valence-corrected chi connectivity index (χ1v) is 6.94. The molecule has 2 heterocycles. The van der Waals surface area contributed by atoms with Gasteiger partial charge in [0.05, 0.1) is 5.69 Å². The number of amides is 1. The summed E-state index contributed by atoms with van der Waals surface area (Å²) in [6, 6.07) is 2.40. The molecule has 5 nitrogen and oxygen atoms in total. The Balaban J connectivity index is 1.73. The Morgan fingerprint density at radius 1 is 1.47 bits per heavy atom. The fourth-order valence-electron chi connectivity index (χ4n) is 2.34. The lowest BCUT2D eigenvalue weighted by Gasteiger charge is -2.33. The van der Waals surface area contributed by atoms with Gasteiger partial charge in [0.2, 0.25) is 5.91 Å². The molecule has 19 heavy (non-hydrogen) atoms. The molecule has 1 aliphatic rings. The minimum atomic E-state index is 0.102. The number of hydrogen-bond donors (Lipinski definition) is 1. The van der Waals surface area contributed by atoms with Crippen molar-refractivity contribution in [1.29, 1.82) is 0 Å². The highest BCUT2D eigenvalue weighted by Gasteiger charge is 2.23. The highest BCUT2D eigenvalue weighted by molar-refractivity contribution is 5.78. The van der Waals surface area contributed by atoms with Crippen molar-refractivity contribution in [2.45, 2.75) is 39.3 Å². The van der Waals surface area contributed by atoms with Gasteiger partial charge in [-0.1, -0.05) is 13.8 Å². The maximum Gasteiger partial charge on any atom is 0.225 e. The molecule has 0 radical (unpaired) electrons. The third-order valence-corrected chi connectivity index (χ3v) is 3.52. The first-order chi connectivity index (χ1) is 9.16. The molecule has 1 fully saturated rings. The molecular weight excluding hydrogens is 240 g/mol. The van der Waals surface area contributed by atoms with Gasteiger partial charge >= 0.3 is 0 Å². The molecule has 0 aromatic carbocycles. The molecule has 0 aliphatic carbocycles. The molecule has 1 saturated heterocycles. The van der Waals surface area contributed by atoms with Crippen LogP contribution in [0.2, 0.25) is 0 Å². The molecule has 5 heteroatoms. The predicted molar refractivity (Wildman–Crippen MR) is 73.3 cm³/mol. The molecule has 104 valence electrons. The van der Waals surface area contributed by atoms with Gasteiger partial charge in [-0.25, -0.2) is 9.97 Å². The van der Waals surface area contributed by atoms with E-state index >= 15 is 0 Å². The topological polar surface area (TPSA) is 58.1 Å². The van der Waals surface area contributed by atoms with Crippen LogP contribution in [0, 0.1) is 5.92 Å². The van der Waals surface area contributed by atoms with Crippen molar-refractivity contribution < 1.29 is 4.79 Å². The van der Waals surface area contributed by atoms with Crippen LogP contribution in [0.3, 0.4) is 0 Å². The Morgan fingerprint density at radius 2 is 2.21 bits per heavy atom.